The summed E-state index contributed by atoms with van der Waals surface area (Å²) in [4.78, 5) is 26.6. The summed E-state index contributed by atoms with van der Waals surface area (Å²) < 4.78 is 0. The Morgan fingerprint density at radius 3 is 2.42 bits per heavy atom. The van der Waals surface area contributed by atoms with Crippen LogP contribution in [0, 0.1) is 0 Å². The summed E-state index contributed by atoms with van der Waals surface area (Å²) in [6.45, 7) is 10.5. The third-order valence-corrected chi connectivity index (χ3v) is 3.97. The average molecular weight is 266 g/mol. The first-order chi connectivity index (χ1) is 8.86. The van der Waals surface area contributed by atoms with E-state index < -0.39 is 5.54 Å². The van der Waals surface area contributed by atoms with E-state index in [1.165, 1.54) is 5.57 Å². The molecule has 1 aliphatic heterocycles. The number of nitrogens with zero attached hydrogens (tertiary/aromatic N) is 1. The Balaban J connectivity index is 3.09. The van der Waals surface area contributed by atoms with Gasteiger partial charge < -0.3 is 10.2 Å². The van der Waals surface area contributed by atoms with E-state index in [1.54, 1.807) is 0 Å². The maximum atomic E-state index is 12.8. The molecule has 108 valence electrons. The maximum Gasteiger partial charge on any atom is 0.248 e. The van der Waals surface area contributed by atoms with Crippen LogP contribution in [0.1, 0.15) is 53.9 Å². The molecule has 4 heteroatoms. The lowest BCUT2D eigenvalue weighted by Gasteiger charge is -2.35. The number of nitrogens with one attached hydrogen (secondary N) is 1. The van der Waals surface area contributed by atoms with Crippen molar-refractivity contribution in [3.8, 4) is 0 Å². The van der Waals surface area contributed by atoms with Crippen molar-refractivity contribution in [1.29, 1.82) is 0 Å². The molecule has 1 unspecified atom stereocenters. The van der Waals surface area contributed by atoms with E-state index in [9.17, 15) is 9.59 Å². The van der Waals surface area contributed by atoms with Gasteiger partial charge in [0.25, 0.3) is 0 Å². The minimum Gasteiger partial charge on any atom is -0.342 e. The summed E-state index contributed by atoms with van der Waals surface area (Å²) in [6.07, 6.45) is 3.68. The second-order valence-corrected chi connectivity index (χ2v) is 5.63. The number of rotatable bonds is 4. The highest BCUT2D eigenvalue weighted by molar-refractivity contribution is 5.94. The molecule has 0 aliphatic carbocycles. The van der Waals surface area contributed by atoms with Gasteiger partial charge in [-0.05, 0) is 33.6 Å². The highest BCUT2D eigenvalue weighted by Gasteiger charge is 2.43. The highest BCUT2D eigenvalue weighted by Crippen LogP contribution is 2.24. The molecule has 1 rings (SSSR count). The van der Waals surface area contributed by atoms with Crippen LogP contribution in [0.2, 0.25) is 0 Å². The summed E-state index contributed by atoms with van der Waals surface area (Å²) in [5.74, 6) is 0.0256. The van der Waals surface area contributed by atoms with Gasteiger partial charge >= 0.3 is 0 Å². The Labute approximate surface area is 116 Å². The first-order valence-corrected chi connectivity index (χ1v) is 7.11. The summed E-state index contributed by atoms with van der Waals surface area (Å²) >= 11 is 0. The molecule has 0 bridgehead atoms. The third-order valence-electron chi connectivity index (χ3n) is 3.97. The summed E-state index contributed by atoms with van der Waals surface area (Å²) in [5.41, 5.74) is 0.458. The summed E-state index contributed by atoms with van der Waals surface area (Å²) in [6, 6.07) is -0.0527. The molecule has 1 saturated heterocycles. The second-order valence-electron chi connectivity index (χ2n) is 5.63. The largest absolute Gasteiger partial charge is 0.342 e. The molecule has 1 heterocycles. The molecule has 1 atom stereocenters. The van der Waals surface area contributed by atoms with Gasteiger partial charge in [0.2, 0.25) is 11.8 Å². The van der Waals surface area contributed by atoms with Crippen LogP contribution in [0.25, 0.3) is 0 Å². The number of carbonyl (C=O) groups excluding carboxylic acids is 2. The van der Waals surface area contributed by atoms with Crippen LogP contribution in [0.5, 0.6) is 0 Å². The zero-order chi connectivity index (χ0) is 14.6. The van der Waals surface area contributed by atoms with E-state index in [2.05, 4.69) is 5.32 Å². The van der Waals surface area contributed by atoms with Crippen LogP contribution in [0.3, 0.4) is 0 Å². The fourth-order valence-electron chi connectivity index (χ4n) is 2.50. The third kappa shape index (κ3) is 3.37. The lowest BCUT2D eigenvalue weighted by Crippen LogP contribution is -2.57. The van der Waals surface area contributed by atoms with Crippen molar-refractivity contribution in [2.75, 3.05) is 6.54 Å². The SMILES string of the molecule is CCC1(CC)NC(=O)CC(C)N(CC=C(C)C)C1=O. The molecule has 19 heavy (non-hydrogen) atoms. The minimum absolute atomic E-state index is 0.0238. The van der Waals surface area contributed by atoms with Crippen LogP contribution in [-0.2, 0) is 9.59 Å². The molecule has 0 aromatic carbocycles. The predicted molar refractivity (Wildman–Crippen MR) is 76.7 cm³/mol. The van der Waals surface area contributed by atoms with Crippen LogP contribution < -0.4 is 5.32 Å². The Morgan fingerprint density at radius 1 is 1.37 bits per heavy atom. The smallest absolute Gasteiger partial charge is 0.248 e. The van der Waals surface area contributed by atoms with Gasteiger partial charge in [-0.3, -0.25) is 9.59 Å². The molecule has 1 N–H and O–H groups in total. The Bertz CT molecular complexity index is 380. The van der Waals surface area contributed by atoms with E-state index in [-0.39, 0.29) is 17.9 Å². The molecule has 1 fully saturated rings. The number of allylic oxidation sites excluding steroid dienone is 1. The standard InChI is InChI=1S/C15H26N2O2/c1-6-15(7-2)14(19)17(9-8-11(3)4)12(5)10-13(18)16-15/h8,12H,6-7,9-10H2,1-5H3,(H,16,18). The molecule has 4 nitrogen and oxygen atoms in total. The van der Waals surface area contributed by atoms with Gasteiger partial charge in [-0.2, -0.15) is 0 Å². The normalized spacial score (nSPS) is 22.8. The quantitative estimate of drug-likeness (QED) is 0.793. The van der Waals surface area contributed by atoms with Crippen molar-refractivity contribution in [2.45, 2.75) is 65.5 Å². The zero-order valence-corrected chi connectivity index (χ0v) is 12.7. The Hall–Kier alpha value is -1.32. The molecular formula is C15H26N2O2. The van der Waals surface area contributed by atoms with Gasteiger partial charge in [0.15, 0.2) is 0 Å². The van der Waals surface area contributed by atoms with Gasteiger partial charge in [-0.25, -0.2) is 0 Å². The van der Waals surface area contributed by atoms with E-state index >= 15 is 0 Å². The minimum atomic E-state index is -0.725. The van der Waals surface area contributed by atoms with Crippen molar-refractivity contribution < 1.29 is 9.59 Å². The first kappa shape index (κ1) is 15.7. The van der Waals surface area contributed by atoms with Crippen LogP contribution in [-0.4, -0.2) is 34.8 Å². The maximum absolute atomic E-state index is 12.8. The van der Waals surface area contributed by atoms with Crippen molar-refractivity contribution >= 4 is 11.8 Å². The van der Waals surface area contributed by atoms with Crippen molar-refractivity contribution in [3.05, 3.63) is 11.6 Å². The molecule has 0 aromatic rings. The molecular weight excluding hydrogens is 240 g/mol. The molecule has 0 radical (unpaired) electrons. The van der Waals surface area contributed by atoms with Gasteiger partial charge in [-0.1, -0.05) is 25.5 Å². The highest BCUT2D eigenvalue weighted by atomic mass is 16.2. The Morgan fingerprint density at radius 2 is 1.95 bits per heavy atom. The second kappa shape index (κ2) is 6.22. The first-order valence-electron chi connectivity index (χ1n) is 7.11. The van der Waals surface area contributed by atoms with Crippen molar-refractivity contribution in [1.82, 2.24) is 10.2 Å². The van der Waals surface area contributed by atoms with Crippen LogP contribution in [0.4, 0.5) is 0 Å². The van der Waals surface area contributed by atoms with Gasteiger partial charge in [0.1, 0.15) is 5.54 Å². The van der Waals surface area contributed by atoms with Gasteiger partial charge in [0, 0.05) is 19.0 Å². The molecule has 2 amide bonds. The lowest BCUT2D eigenvalue weighted by molar-refractivity contribution is -0.140. The summed E-state index contributed by atoms with van der Waals surface area (Å²) in [5, 5.41) is 2.94. The fraction of sp³-hybridized carbons (Fsp3) is 0.733. The predicted octanol–water partition coefficient (Wildman–Crippen LogP) is 2.25. The van der Waals surface area contributed by atoms with Gasteiger partial charge in [-0.15, -0.1) is 0 Å². The monoisotopic (exact) mass is 266 g/mol. The number of amides is 2. The molecule has 0 aromatic heterocycles. The average Bonchev–Trinajstić information content (AvgIpc) is 2.43. The fourth-order valence-corrected chi connectivity index (χ4v) is 2.50. The lowest BCUT2D eigenvalue weighted by atomic mass is 9.91. The topological polar surface area (TPSA) is 49.4 Å². The van der Waals surface area contributed by atoms with Crippen LogP contribution in [0.15, 0.2) is 11.6 Å². The number of hydrogen-bond donors (Lipinski definition) is 1. The van der Waals surface area contributed by atoms with Crippen molar-refractivity contribution in [2.24, 2.45) is 0 Å². The van der Waals surface area contributed by atoms with E-state index in [4.69, 9.17) is 0 Å². The molecule has 0 spiro atoms. The van der Waals surface area contributed by atoms with E-state index in [0.717, 1.165) is 0 Å². The number of hydrogen-bond acceptors (Lipinski definition) is 2. The van der Waals surface area contributed by atoms with E-state index in [0.29, 0.717) is 25.8 Å². The number of carbonyl (C=O) groups is 2. The van der Waals surface area contributed by atoms with Gasteiger partial charge in [0.05, 0.1) is 0 Å². The summed E-state index contributed by atoms with van der Waals surface area (Å²) in [7, 11) is 0. The Kier molecular flexibility index (Phi) is 5.15. The molecule has 1 aliphatic rings. The van der Waals surface area contributed by atoms with E-state index in [1.807, 2.05) is 45.6 Å². The van der Waals surface area contributed by atoms with Crippen molar-refractivity contribution in [3.63, 3.8) is 0 Å². The molecule has 0 saturated carbocycles. The van der Waals surface area contributed by atoms with Crippen LogP contribution >= 0.6 is 0 Å². The zero-order valence-electron chi connectivity index (χ0n) is 12.7.